The first-order valence-electron chi connectivity index (χ1n) is 16.2. The molecule has 5 heterocycles. The molecule has 50 heavy (non-hydrogen) atoms. The molecule has 0 aliphatic carbocycles. The minimum atomic E-state index is -4.36. The zero-order chi connectivity index (χ0) is 35.4. The van der Waals surface area contributed by atoms with Gasteiger partial charge in [0.15, 0.2) is 5.03 Å². The van der Waals surface area contributed by atoms with Crippen molar-refractivity contribution in [1.29, 1.82) is 0 Å². The number of primary amides is 1. The van der Waals surface area contributed by atoms with Crippen LogP contribution >= 0.6 is 23.2 Å². The quantitative estimate of drug-likeness (QED) is 0.282. The normalized spacial score (nSPS) is 21.5. The number of hydrogen-bond donors (Lipinski definition) is 1. The van der Waals surface area contributed by atoms with Gasteiger partial charge in [-0.2, -0.15) is 4.31 Å². The number of amides is 3. The van der Waals surface area contributed by atoms with Crippen molar-refractivity contribution in [3.8, 4) is 11.1 Å². The summed E-state index contributed by atoms with van der Waals surface area (Å²) in [7, 11) is -4.36. The third-order valence-corrected chi connectivity index (χ3v) is 12.1. The molecule has 260 valence electrons. The number of anilines is 2. The van der Waals surface area contributed by atoms with Crippen LogP contribution in [0.2, 0.25) is 10.0 Å². The van der Waals surface area contributed by atoms with Crippen molar-refractivity contribution >= 4 is 62.6 Å². The Morgan fingerprint density at radius 2 is 1.60 bits per heavy atom. The van der Waals surface area contributed by atoms with Crippen molar-refractivity contribution in [2.75, 3.05) is 24.5 Å². The van der Waals surface area contributed by atoms with Crippen LogP contribution in [0.5, 0.6) is 0 Å². The molecule has 2 aromatic carbocycles. The van der Waals surface area contributed by atoms with Crippen molar-refractivity contribution < 1.29 is 22.8 Å². The van der Waals surface area contributed by atoms with Crippen molar-refractivity contribution in [2.45, 2.75) is 55.6 Å². The van der Waals surface area contributed by atoms with Gasteiger partial charge in [-0.1, -0.05) is 47.5 Å². The number of rotatable bonds is 8. The molecular formula is C34H34Cl2N8O5S. The summed E-state index contributed by atoms with van der Waals surface area (Å²) in [6.07, 6.45) is 7.90. The molecule has 0 saturated carbocycles. The van der Waals surface area contributed by atoms with Crippen LogP contribution in [0.25, 0.3) is 11.1 Å². The molecule has 13 nitrogen and oxygen atoms in total. The molecule has 2 fully saturated rings. The SMILES string of the molecule is C[C@@]1(Cc2ccc(-c3cncnc3)cc2)C(=O)N(c2cc(Cl)cc(Cl)c2)c2ncc(S(=O)(=O)N3CCC[C@H]3C(=O)N3CCC(C(N)=O)CC3)n21. The molecule has 7 rings (SSSR count). The molecule has 16 heteroatoms. The second-order valence-electron chi connectivity index (χ2n) is 13.1. The average Bonchev–Trinajstić information content (AvgIpc) is 3.82. The Morgan fingerprint density at radius 3 is 2.24 bits per heavy atom. The highest BCUT2D eigenvalue weighted by atomic mass is 35.5. The van der Waals surface area contributed by atoms with Gasteiger partial charge in [0.2, 0.25) is 17.8 Å². The maximum Gasteiger partial charge on any atom is 0.261 e. The van der Waals surface area contributed by atoms with Gasteiger partial charge in [-0.05, 0) is 61.9 Å². The number of piperidine rings is 1. The topological polar surface area (TPSA) is 165 Å². The van der Waals surface area contributed by atoms with E-state index in [4.69, 9.17) is 28.9 Å². The van der Waals surface area contributed by atoms with Gasteiger partial charge >= 0.3 is 0 Å². The molecule has 0 bridgehead atoms. The van der Waals surface area contributed by atoms with E-state index in [1.54, 1.807) is 36.4 Å². The number of sulfonamides is 1. The first-order valence-corrected chi connectivity index (χ1v) is 18.4. The fraction of sp³-hybridized carbons (Fsp3) is 0.353. The van der Waals surface area contributed by atoms with E-state index >= 15 is 0 Å². The fourth-order valence-electron chi connectivity index (χ4n) is 7.26. The van der Waals surface area contributed by atoms with Crippen molar-refractivity contribution in [3.63, 3.8) is 0 Å². The lowest BCUT2D eigenvalue weighted by Crippen LogP contribution is -2.51. The van der Waals surface area contributed by atoms with Crippen LogP contribution in [0.3, 0.4) is 0 Å². The summed E-state index contributed by atoms with van der Waals surface area (Å²) in [5.41, 5.74) is 6.82. The summed E-state index contributed by atoms with van der Waals surface area (Å²) < 4.78 is 32.0. The highest BCUT2D eigenvalue weighted by Gasteiger charge is 2.53. The third kappa shape index (κ3) is 5.93. The van der Waals surface area contributed by atoms with Crippen LogP contribution in [0, 0.1) is 5.92 Å². The molecule has 2 aromatic heterocycles. The lowest BCUT2D eigenvalue weighted by atomic mass is 9.91. The Bertz CT molecular complexity index is 2070. The van der Waals surface area contributed by atoms with Crippen molar-refractivity contribution in [2.24, 2.45) is 11.7 Å². The van der Waals surface area contributed by atoms with E-state index < -0.39 is 33.4 Å². The van der Waals surface area contributed by atoms with Gasteiger partial charge in [0, 0.05) is 60.0 Å². The molecule has 0 radical (unpaired) electrons. The van der Waals surface area contributed by atoms with E-state index in [2.05, 4.69) is 15.0 Å². The minimum absolute atomic E-state index is 0.0862. The third-order valence-electron chi connectivity index (χ3n) is 9.84. The van der Waals surface area contributed by atoms with Gasteiger partial charge in [0.05, 0.1) is 11.9 Å². The first kappa shape index (κ1) is 34.1. The number of likely N-dealkylation sites (tertiary alicyclic amines) is 1. The zero-order valence-electron chi connectivity index (χ0n) is 27.1. The molecule has 2 saturated heterocycles. The Morgan fingerprint density at radius 1 is 0.940 bits per heavy atom. The van der Waals surface area contributed by atoms with Crippen LogP contribution in [0.15, 0.2) is 72.4 Å². The lowest BCUT2D eigenvalue weighted by Gasteiger charge is -2.34. The van der Waals surface area contributed by atoms with Crippen LogP contribution < -0.4 is 10.6 Å². The van der Waals surface area contributed by atoms with E-state index in [1.807, 2.05) is 24.3 Å². The van der Waals surface area contributed by atoms with Crippen LogP contribution in [0.1, 0.15) is 38.2 Å². The Labute approximate surface area is 299 Å². The fourth-order valence-corrected chi connectivity index (χ4v) is 9.62. The number of fused-ring (bicyclic) bond motifs is 1. The summed E-state index contributed by atoms with van der Waals surface area (Å²) in [6.45, 7) is 2.44. The largest absolute Gasteiger partial charge is 0.369 e. The van der Waals surface area contributed by atoms with Crippen LogP contribution in [0.4, 0.5) is 11.6 Å². The number of aromatic nitrogens is 4. The molecule has 0 unspecified atom stereocenters. The van der Waals surface area contributed by atoms with Crippen LogP contribution in [-0.4, -0.2) is 80.5 Å². The zero-order valence-corrected chi connectivity index (χ0v) is 29.4. The molecule has 3 amide bonds. The molecule has 2 atom stereocenters. The maximum absolute atomic E-state index is 14.6. The van der Waals surface area contributed by atoms with E-state index in [1.165, 1.54) is 32.4 Å². The van der Waals surface area contributed by atoms with Crippen molar-refractivity contribution in [1.82, 2.24) is 28.7 Å². The maximum atomic E-state index is 14.6. The van der Waals surface area contributed by atoms with E-state index in [0.29, 0.717) is 54.5 Å². The molecule has 2 N–H and O–H groups in total. The molecular weight excluding hydrogens is 703 g/mol. The number of hydrogen-bond acceptors (Lipinski definition) is 8. The number of benzene rings is 2. The van der Waals surface area contributed by atoms with Gasteiger partial charge in [-0.3, -0.25) is 19.0 Å². The number of nitrogens with two attached hydrogens (primary N) is 1. The van der Waals surface area contributed by atoms with Gasteiger partial charge in [-0.15, -0.1) is 0 Å². The predicted molar refractivity (Wildman–Crippen MR) is 186 cm³/mol. The monoisotopic (exact) mass is 736 g/mol. The van der Waals surface area contributed by atoms with Gasteiger partial charge in [0.25, 0.3) is 15.9 Å². The van der Waals surface area contributed by atoms with E-state index in [0.717, 1.165) is 16.7 Å². The highest BCUT2D eigenvalue weighted by molar-refractivity contribution is 7.89. The molecule has 4 aromatic rings. The summed E-state index contributed by atoms with van der Waals surface area (Å²) in [6, 6.07) is 11.3. The minimum Gasteiger partial charge on any atom is -0.369 e. The highest BCUT2D eigenvalue weighted by Crippen LogP contribution is 2.45. The van der Waals surface area contributed by atoms with Gasteiger partial charge in [0.1, 0.15) is 17.9 Å². The molecule has 3 aliphatic rings. The number of halogens is 2. The van der Waals surface area contributed by atoms with Gasteiger partial charge in [-0.25, -0.2) is 28.3 Å². The van der Waals surface area contributed by atoms with Gasteiger partial charge < -0.3 is 10.6 Å². The lowest BCUT2D eigenvalue weighted by molar-refractivity contribution is -0.137. The number of nitrogens with zero attached hydrogens (tertiary/aromatic N) is 7. The summed E-state index contributed by atoms with van der Waals surface area (Å²) in [4.78, 5) is 55.6. The van der Waals surface area contributed by atoms with E-state index in [9.17, 15) is 22.8 Å². The molecule has 3 aliphatic heterocycles. The average molecular weight is 738 g/mol. The Kier molecular flexibility index (Phi) is 8.91. The smallest absolute Gasteiger partial charge is 0.261 e. The number of carbonyl (C=O) groups is 3. The second kappa shape index (κ2) is 13.1. The predicted octanol–water partition coefficient (Wildman–Crippen LogP) is 4.16. The summed E-state index contributed by atoms with van der Waals surface area (Å²) in [5, 5.41) is 0.376. The standard InChI is InChI=1S/C34H34Cl2N8O5S/c1-34(16-21-4-6-22(7-5-21)24-17-38-20-39-18-24)32(47)43(27-14-25(35)13-26(36)15-27)33-40-19-29(44(33)34)50(48,49)42-10-2-3-28(42)31(46)41-11-8-23(9-12-41)30(37)45/h4-7,13-15,17-20,23,28H,2-3,8-12,16H2,1H3,(H2,37,45)/t28-,34+/m0/s1. The number of imidazole rings is 1. The van der Waals surface area contributed by atoms with Crippen LogP contribution in [-0.2, 0) is 36.4 Å². The Hall–Kier alpha value is -4.37. The van der Waals surface area contributed by atoms with E-state index in [-0.39, 0.29) is 35.8 Å². The first-order chi connectivity index (χ1) is 23.9. The summed E-state index contributed by atoms with van der Waals surface area (Å²) in [5.74, 6) is -1.36. The Balaban J connectivity index is 1.26. The molecule has 0 spiro atoms. The summed E-state index contributed by atoms with van der Waals surface area (Å²) >= 11 is 12.7. The van der Waals surface area contributed by atoms with Crippen molar-refractivity contribution in [3.05, 3.63) is 83.0 Å². The second-order valence-corrected chi connectivity index (χ2v) is 15.8. The number of carbonyl (C=O) groups excluding carboxylic acids is 3.